The molecule has 0 aromatic carbocycles. The van der Waals surface area contributed by atoms with Gasteiger partial charge in [0.05, 0.1) is 0 Å². The lowest BCUT2D eigenvalue weighted by Gasteiger charge is -2.33. The first-order valence-corrected chi connectivity index (χ1v) is 20.0. The van der Waals surface area contributed by atoms with Gasteiger partial charge in [0.15, 0.2) is 11.6 Å². The van der Waals surface area contributed by atoms with Crippen molar-refractivity contribution in [2.75, 3.05) is 0 Å². The molecule has 0 aliphatic heterocycles. The molecule has 0 heterocycles. The highest BCUT2D eigenvalue weighted by Crippen LogP contribution is 2.26. The maximum Gasteiger partial charge on any atom is 0.163 e. The van der Waals surface area contributed by atoms with Crippen LogP contribution in [-0.4, -0.2) is 49.4 Å². The molecule has 0 aromatic rings. The highest BCUT2D eigenvalue weighted by molar-refractivity contribution is 4.82. The second kappa shape index (κ2) is 31.1. The van der Waals surface area contributed by atoms with Crippen LogP contribution < -0.4 is 5.32 Å². The van der Waals surface area contributed by atoms with Gasteiger partial charge in [-0.25, -0.2) is 0 Å². The second-order valence-corrected chi connectivity index (χ2v) is 14.6. The molecule has 0 saturated heterocycles. The molecule has 0 spiro atoms. The highest BCUT2D eigenvalue weighted by Gasteiger charge is 2.33. The van der Waals surface area contributed by atoms with Crippen LogP contribution in [0.4, 0.5) is 0 Å². The number of unbranched alkanes of at least 4 members (excludes halogenated alkanes) is 26. The van der Waals surface area contributed by atoms with Gasteiger partial charge in [0, 0.05) is 31.7 Å². The third kappa shape index (κ3) is 33.5. The number of rotatable bonds is 36. The third-order valence-electron chi connectivity index (χ3n) is 9.48. The van der Waals surface area contributed by atoms with Gasteiger partial charge in [0.1, 0.15) is 6.23 Å². The molecular weight excluding hydrogens is 562 g/mol. The monoisotopic (exact) mass is 644 g/mol. The summed E-state index contributed by atoms with van der Waals surface area (Å²) in [7, 11) is 0. The summed E-state index contributed by atoms with van der Waals surface area (Å²) in [6.07, 6.45) is 34.5. The lowest BCUT2D eigenvalue weighted by molar-refractivity contribution is -0.199. The molecule has 0 aromatic heterocycles. The summed E-state index contributed by atoms with van der Waals surface area (Å²) in [5, 5.41) is 55.5. The van der Waals surface area contributed by atoms with E-state index in [4.69, 9.17) is 0 Å². The molecular formula is C39H81NO5. The Balaban J connectivity index is 4.00. The van der Waals surface area contributed by atoms with Crippen LogP contribution in [0.2, 0.25) is 0 Å². The molecule has 0 amide bonds. The summed E-state index contributed by atoms with van der Waals surface area (Å²) in [5.41, 5.74) is 0. The van der Waals surface area contributed by atoms with Crippen molar-refractivity contribution in [1.82, 2.24) is 5.32 Å². The van der Waals surface area contributed by atoms with Crippen LogP contribution in [-0.2, 0) is 0 Å². The molecule has 0 bridgehead atoms. The van der Waals surface area contributed by atoms with E-state index in [1.807, 2.05) is 0 Å². The molecule has 0 aliphatic rings. The standard InChI is InChI=1S/C39H81NO5/c1-4-6-8-10-12-14-16-18-20-22-24-26-28-30-32-38(42,43)34-37(40-36(3)41)35-39(44,45)33-31-29-27-25-23-21-19-17-15-13-11-9-7-5-2/h36-37,40-45H,4-35H2,1-3H3. The predicted molar refractivity (Wildman–Crippen MR) is 192 cm³/mol. The van der Waals surface area contributed by atoms with Crippen LogP contribution in [0.5, 0.6) is 0 Å². The summed E-state index contributed by atoms with van der Waals surface area (Å²) in [6, 6.07) is -0.603. The predicted octanol–water partition coefficient (Wildman–Crippen LogP) is 10.2. The van der Waals surface area contributed by atoms with Crippen LogP contribution in [0.25, 0.3) is 0 Å². The van der Waals surface area contributed by atoms with Gasteiger partial charge in [-0.2, -0.15) is 0 Å². The topological polar surface area (TPSA) is 113 Å². The molecule has 0 fully saturated rings. The van der Waals surface area contributed by atoms with Gasteiger partial charge in [0.25, 0.3) is 0 Å². The molecule has 1 atom stereocenters. The minimum Gasteiger partial charge on any atom is -0.379 e. The minimum absolute atomic E-state index is 0.0437. The van der Waals surface area contributed by atoms with Gasteiger partial charge in [0.2, 0.25) is 0 Å². The Bertz CT molecular complexity index is 552. The van der Waals surface area contributed by atoms with Gasteiger partial charge in [-0.1, -0.05) is 181 Å². The largest absolute Gasteiger partial charge is 0.379 e. The Morgan fingerprint density at radius 2 is 0.622 bits per heavy atom. The van der Waals surface area contributed by atoms with Crippen molar-refractivity contribution < 1.29 is 25.5 Å². The second-order valence-electron chi connectivity index (χ2n) is 14.6. The SMILES string of the molecule is CCCCCCCCCCCCCCCCC(O)(O)CC(CC(O)(O)CCCCCCCCCCCCCCCC)NC(C)O. The number of hydrogen-bond donors (Lipinski definition) is 6. The van der Waals surface area contributed by atoms with Crippen LogP contribution in [0, 0.1) is 0 Å². The van der Waals surface area contributed by atoms with Crippen molar-refractivity contribution in [3.8, 4) is 0 Å². The fourth-order valence-corrected chi connectivity index (χ4v) is 6.73. The van der Waals surface area contributed by atoms with Crippen molar-refractivity contribution in [1.29, 1.82) is 0 Å². The number of aliphatic hydroxyl groups excluding tert-OH is 1. The summed E-state index contributed by atoms with van der Waals surface area (Å²) >= 11 is 0. The smallest absolute Gasteiger partial charge is 0.163 e. The van der Waals surface area contributed by atoms with E-state index in [1.54, 1.807) is 6.92 Å². The number of aliphatic hydroxyl groups is 5. The molecule has 6 N–H and O–H groups in total. The van der Waals surface area contributed by atoms with Crippen molar-refractivity contribution in [3.05, 3.63) is 0 Å². The first-order valence-electron chi connectivity index (χ1n) is 20.0. The Morgan fingerprint density at radius 1 is 0.400 bits per heavy atom. The average molecular weight is 644 g/mol. The maximum absolute atomic E-state index is 10.7. The quantitative estimate of drug-likeness (QED) is 0.0299. The fraction of sp³-hybridized carbons (Fsp3) is 1.00. The molecule has 6 heteroatoms. The Kier molecular flexibility index (Phi) is 30.9. The summed E-state index contributed by atoms with van der Waals surface area (Å²) < 4.78 is 0. The Hall–Kier alpha value is -0.240. The van der Waals surface area contributed by atoms with E-state index < -0.39 is 23.8 Å². The van der Waals surface area contributed by atoms with Crippen LogP contribution >= 0.6 is 0 Å². The highest BCUT2D eigenvalue weighted by atomic mass is 16.5. The van der Waals surface area contributed by atoms with Gasteiger partial charge in [-0.3, -0.25) is 5.32 Å². The normalized spacial score (nSPS) is 13.3. The van der Waals surface area contributed by atoms with E-state index >= 15 is 0 Å². The third-order valence-corrected chi connectivity index (χ3v) is 9.48. The van der Waals surface area contributed by atoms with Gasteiger partial charge in [-0.05, 0) is 19.8 Å². The molecule has 0 rings (SSSR count). The molecule has 45 heavy (non-hydrogen) atoms. The van der Waals surface area contributed by atoms with E-state index in [-0.39, 0.29) is 25.7 Å². The molecule has 0 radical (unpaired) electrons. The van der Waals surface area contributed by atoms with Crippen molar-refractivity contribution in [3.63, 3.8) is 0 Å². The minimum atomic E-state index is -1.89. The lowest BCUT2D eigenvalue weighted by Crippen LogP contribution is -2.47. The molecule has 0 saturated carbocycles. The molecule has 0 aliphatic carbocycles. The maximum atomic E-state index is 10.7. The first kappa shape index (κ1) is 44.8. The Labute approximate surface area is 280 Å². The fourth-order valence-electron chi connectivity index (χ4n) is 6.73. The van der Waals surface area contributed by atoms with Gasteiger partial charge in [-0.15, -0.1) is 0 Å². The summed E-state index contributed by atoms with van der Waals surface area (Å²) in [6.45, 7) is 6.09. The summed E-state index contributed by atoms with van der Waals surface area (Å²) in [5.74, 6) is -3.79. The van der Waals surface area contributed by atoms with Crippen molar-refractivity contribution in [2.45, 2.75) is 250 Å². The Morgan fingerprint density at radius 3 is 0.844 bits per heavy atom. The zero-order valence-corrected chi connectivity index (χ0v) is 30.5. The van der Waals surface area contributed by atoms with Crippen molar-refractivity contribution >= 4 is 0 Å². The molecule has 6 nitrogen and oxygen atoms in total. The van der Waals surface area contributed by atoms with Gasteiger partial charge >= 0.3 is 0 Å². The van der Waals surface area contributed by atoms with Crippen LogP contribution in [0.3, 0.4) is 0 Å². The number of nitrogens with one attached hydrogen (secondary N) is 1. The average Bonchev–Trinajstić information content (AvgIpc) is 2.96. The molecule has 1 unspecified atom stereocenters. The summed E-state index contributed by atoms with van der Waals surface area (Å²) in [4.78, 5) is 0. The lowest BCUT2D eigenvalue weighted by atomic mass is 9.92. The van der Waals surface area contributed by atoms with E-state index in [1.165, 1.54) is 141 Å². The zero-order valence-electron chi connectivity index (χ0n) is 30.5. The van der Waals surface area contributed by atoms with E-state index in [0.29, 0.717) is 0 Å². The number of hydrogen-bond acceptors (Lipinski definition) is 6. The van der Waals surface area contributed by atoms with Crippen molar-refractivity contribution in [2.24, 2.45) is 0 Å². The molecule has 272 valence electrons. The van der Waals surface area contributed by atoms with E-state index in [9.17, 15) is 25.5 Å². The zero-order chi connectivity index (χ0) is 33.5. The van der Waals surface area contributed by atoms with Crippen LogP contribution in [0.1, 0.15) is 226 Å². The first-order chi connectivity index (χ1) is 21.6. The van der Waals surface area contributed by atoms with E-state index in [0.717, 1.165) is 38.5 Å². The van der Waals surface area contributed by atoms with E-state index in [2.05, 4.69) is 19.2 Å². The van der Waals surface area contributed by atoms with Crippen LogP contribution in [0.15, 0.2) is 0 Å². The van der Waals surface area contributed by atoms with Gasteiger partial charge < -0.3 is 25.5 Å².